The third-order valence-corrected chi connectivity index (χ3v) is 3.67. The Morgan fingerprint density at radius 2 is 1.73 bits per heavy atom. The molecule has 164 valence electrons. The van der Waals surface area contributed by atoms with Crippen LogP contribution in [0.15, 0.2) is 42.5 Å². The van der Waals surface area contributed by atoms with Gasteiger partial charge in [0.05, 0.1) is 13.2 Å². The van der Waals surface area contributed by atoms with Crippen LogP contribution < -0.4 is 14.8 Å². The second-order valence-corrected chi connectivity index (χ2v) is 7.34. The molecule has 0 aromatic heterocycles. The highest BCUT2D eigenvalue weighted by atomic mass is 19.4. The summed E-state index contributed by atoms with van der Waals surface area (Å²) in [6.45, 7) is 5.14. The average Bonchev–Trinajstić information content (AvgIpc) is 2.63. The summed E-state index contributed by atoms with van der Waals surface area (Å²) in [6.07, 6.45) is -5.50. The van der Waals surface area contributed by atoms with Crippen molar-refractivity contribution >= 4 is 6.09 Å². The zero-order valence-electron chi connectivity index (χ0n) is 16.9. The van der Waals surface area contributed by atoms with Crippen LogP contribution in [0.1, 0.15) is 26.3 Å². The monoisotopic (exact) mass is 427 g/mol. The van der Waals surface area contributed by atoms with E-state index in [1.807, 2.05) is 0 Å². The maximum absolute atomic E-state index is 12.9. The van der Waals surface area contributed by atoms with Gasteiger partial charge < -0.3 is 24.6 Å². The van der Waals surface area contributed by atoms with Gasteiger partial charge in [0.2, 0.25) is 0 Å². The van der Waals surface area contributed by atoms with Crippen molar-refractivity contribution in [1.29, 1.82) is 0 Å². The molecule has 2 N–H and O–H groups in total. The molecular weight excluding hydrogens is 403 g/mol. The van der Waals surface area contributed by atoms with Gasteiger partial charge in [-0.05, 0) is 44.0 Å². The summed E-state index contributed by atoms with van der Waals surface area (Å²) in [5.74, 6) is -0.271. The molecule has 0 bridgehead atoms. The molecule has 2 rings (SSSR count). The van der Waals surface area contributed by atoms with Crippen molar-refractivity contribution in [2.75, 3.05) is 13.2 Å². The topological polar surface area (TPSA) is 77.0 Å². The van der Waals surface area contributed by atoms with Crippen LogP contribution in [0.2, 0.25) is 0 Å². The normalized spacial score (nSPS) is 11.7. The van der Waals surface area contributed by atoms with E-state index in [1.54, 1.807) is 45.0 Å². The summed E-state index contributed by atoms with van der Waals surface area (Å²) < 4.78 is 53.2. The van der Waals surface area contributed by atoms with Gasteiger partial charge in [-0.25, -0.2) is 4.79 Å². The van der Waals surface area contributed by atoms with E-state index in [0.717, 1.165) is 6.07 Å². The summed E-state index contributed by atoms with van der Waals surface area (Å²) in [7, 11) is 0. The molecule has 6 nitrogen and oxygen atoms in total. The zero-order chi connectivity index (χ0) is 22.4. The van der Waals surface area contributed by atoms with E-state index in [0.29, 0.717) is 11.1 Å². The molecule has 0 fully saturated rings. The number of aliphatic hydroxyl groups excluding tert-OH is 1. The van der Waals surface area contributed by atoms with Gasteiger partial charge in [-0.15, -0.1) is 13.2 Å². The number of halogens is 3. The Bertz CT molecular complexity index is 845. The first-order valence-corrected chi connectivity index (χ1v) is 9.16. The molecule has 9 heteroatoms. The van der Waals surface area contributed by atoms with Gasteiger partial charge in [-0.1, -0.05) is 24.3 Å². The van der Waals surface area contributed by atoms with Gasteiger partial charge in [0, 0.05) is 11.6 Å². The summed E-state index contributed by atoms with van der Waals surface area (Å²) in [5.41, 5.74) is 0.704. The third kappa shape index (κ3) is 7.82. The molecule has 0 aliphatic carbocycles. The summed E-state index contributed by atoms with van der Waals surface area (Å²) in [4.78, 5) is 11.6. The molecule has 0 aliphatic heterocycles. The van der Waals surface area contributed by atoms with E-state index in [1.165, 1.54) is 12.1 Å². The highest BCUT2D eigenvalue weighted by molar-refractivity contribution is 5.72. The van der Waals surface area contributed by atoms with Crippen molar-refractivity contribution in [2.24, 2.45) is 0 Å². The molecule has 0 saturated heterocycles. The van der Waals surface area contributed by atoms with Gasteiger partial charge in [-0.2, -0.15) is 0 Å². The minimum Gasteiger partial charge on any atom is -0.492 e. The van der Waals surface area contributed by atoms with Crippen LogP contribution in [-0.4, -0.2) is 36.3 Å². The van der Waals surface area contributed by atoms with Crippen molar-refractivity contribution in [3.63, 3.8) is 0 Å². The quantitative estimate of drug-likeness (QED) is 0.629. The lowest BCUT2D eigenvalue weighted by Crippen LogP contribution is -2.34. The minimum absolute atomic E-state index is 0.0231. The number of aliphatic hydroxyl groups is 1. The molecule has 0 atom stereocenters. The number of alkyl carbamates (subject to hydrolysis) is 1. The number of hydrogen-bond acceptors (Lipinski definition) is 5. The number of alkyl halides is 3. The van der Waals surface area contributed by atoms with Crippen LogP contribution in [0.3, 0.4) is 0 Å². The number of hydrogen-bond donors (Lipinski definition) is 2. The van der Waals surface area contributed by atoms with E-state index >= 15 is 0 Å². The van der Waals surface area contributed by atoms with E-state index in [2.05, 4.69) is 10.1 Å². The van der Waals surface area contributed by atoms with Crippen molar-refractivity contribution in [2.45, 2.75) is 39.3 Å². The number of benzene rings is 2. The predicted octanol–water partition coefficient (Wildman–Crippen LogP) is 4.65. The number of ether oxygens (including phenoxy) is 3. The van der Waals surface area contributed by atoms with Crippen LogP contribution in [0.25, 0.3) is 11.1 Å². The van der Waals surface area contributed by atoms with E-state index in [9.17, 15) is 18.0 Å². The number of carbonyl (C=O) groups is 1. The highest BCUT2D eigenvalue weighted by Gasteiger charge is 2.32. The number of rotatable bonds is 7. The first kappa shape index (κ1) is 23.3. The molecule has 0 aliphatic rings. The maximum atomic E-state index is 12.9. The lowest BCUT2D eigenvalue weighted by Gasteiger charge is -2.19. The van der Waals surface area contributed by atoms with Crippen LogP contribution in [-0.2, 0) is 11.3 Å². The largest absolute Gasteiger partial charge is 0.573 e. The van der Waals surface area contributed by atoms with E-state index in [-0.39, 0.29) is 31.1 Å². The molecule has 2 aromatic rings. The Morgan fingerprint density at radius 1 is 1.07 bits per heavy atom. The highest BCUT2D eigenvalue weighted by Crippen LogP contribution is 2.36. The van der Waals surface area contributed by atoms with Gasteiger partial charge in [-0.3, -0.25) is 0 Å². The van der Waals surface area contributed by atoms with Crippen LogP contribution >= 0.6 is 0 Å². The number of carbonyl (C=O) groups excluding carboxylic acids is 1. The summed E-state index contributed by atoms with van der Waals surface area (Å²) in [6, 6.07) is 10.5. The summed E-state index contributed by atoms with van der Waals surface area (Å²) >= 11 is 0. The van der Waals surface area contributed by atoms with Gasteiger partial charge >= 0.3 is 12.5 Å². The van der Waals surface area contributed by atoms with Crippen LogP contribution in [0, 0.1) is 0 Å². The van der Waals surface area contributed by atoms with Crippen molar-refractivity contribution < 1.29 is 37.3 Å². The van der Waals surface area contributed by atoms with Crippen molar-refractivity contribution in [1.82, 2.24) is 5.32 Å². The van der Waals surface area contributed by atoms with Gasteiger partial charge in [0.25, 0.3) is 0 Å². The Balaban J connectivity index is 2.08. The minimum atomic E-state index is -4.88. The van der Waals surface area contributed by atoms with E-state index < -0.39 is 23.8 Å². The molecular formula is C21H24F3NO5. The van der Waals surface area contributed by atoms with Gasteiger partial charge in [0.15, 0.2) is 0 Å². The Morgan fingerprint density at radius 3 is 2.30 bits per heavy atom. The molecule has 0 heterocycles. The average molecular weight is 427 g/mol. The SMILES string of the molecule is CC(C)(C)OC(=O)NCCOc1ccc(-c2ccc(CO)cc2)c(OC(F)(F)F)c1. The number of amides is 1. The van der Waals surface area contributed by atoms with Crippen molar-refractivity contribution in [3.05, 3.63) is 48.0 Å². The van der Waals surface area contributed by atoms with E-state index in [4.69, 9.17) is 14.6 Å². The Hall–Kier alpha value is -2.94. The predicted molar refractivity (Wildman–Crippen MR) is 104 cm³/mol. The second-order valence-electron chi connectivity index (χ2n) is 7.34. The maximum Gasteiger partial charge on any atom is 0.573 e. The fourth-order valence-corrected chi connectivity index (χ4v) is 2.47. The van der Waals surface area contributed by atoms with Crippen molar-refractivity contribution in [3.8, 4) is 22.6 Å². The fraction of sp³-hybridized carbons (Fsp3) is 0.381. The molecule has 30 heavy (non-hydrogen) atoms. The first-order chi connectivity index (χ1) is 14.0. The summed E-state index contributed by atoms with van der Waals surface area (Å²) in [5, 5.41) is 11.6. The Kier molecular flexibility index (Phi) is 7.55. The molecule has 1 amide bonds. The third-order valence-electron chi connectivity index (χ3n) is 3.67. The second kappa shape index (κ2) is 9.71. The lowest BCUT2D eigenvalue weighted by molar-refractivity contribution is -0.274. The smallest absolute Gasteiger partial charge is 0.492 e. The molecule has 0 radical (unpaired) electrons. The molecule has 2 aromatic carbocycles. The Labute approximate surface area is 172 Å². The van der Waals surface area contributed by atoms with Crippen LogP contribution in [0.5, 0.6) is 11.5 Å². The molecule has 0 saturated carbocycles. The fourth-order valence-electron chi connectivity index (χ4n) is 2.47. The number of nitrogens with one attached hydrogen (secondary N) is 1. The first-order valence-electron chi connectivity index (χ1n) is 9.16. The lowest BCUT2D eigenvalue weighted by atomic mass is 10.0. The van der Waals surface area contributed by atoms with Gasteiger partial charge in [0.1, 0.15) is 23.7 Å². The molecule has 0 unspecified atom stereocenters. The molecule has 0 spiro atoms. The zero-order valence-corrected chi connectivity index (χ0v) is 16.9. The van der Waals surface area contributed by atoms with Crippen LogP contribution in [0.4, 0.5) is 18.0 Å². The standard InChI is InChI=1S/C21H24F3NO5/c1-20(2,3)30-19(27)25-10-11-28-16-8-9-17(18(12-16)29-21(22,23)24)15-6-4-14(13-26)5-7-15/h4-9,12,26H,10-11,13H2,1-3H3,(H,25,27).